The summed E-state index contributed by atoms with van der Waals surface area (Å²) in [5.74, 6) is -0.779. The molecule has 0 atom stereocenters. The van der Waals surface area contributed by atoms with Gasteiger partial charge in [-0.25, -0.2) is 0 Å². The third kappa shape index (κ3) is 3.64. The van der Waals surface area contributed by atoms with Crippen LogP contribution >= 0.6 is 0 Å². The molecule has 0 saturated heterocycles. The van der Waals surface area contributed by atoms with Gasteiger partial charge in [0.25, 0.3) is 0 Å². The van der Waals surface area contributed by atoms with Crippen molar-refractivity contribution < 1.29 is 9.90 Å². The Labute approximate surface area is 126 Å². The number of aliphatic carboxylic acids is 1. The lowest BCUT2D eigenvalue weighted by Gasteiger charge is -2.27. The molecule has 0 spiro atoms. The Morgan fingerprint density at radius 2 is 2.05 bits per heavy atom. The van der Waals surface area contributed by atoms with E-state index in [9.17, 15) is 9.90 Å². The zero-order valence-electron chi connectivity index (χ0n) is 13.1. The third-order valence-electron chi connectivity index (χ3n) is 4.84. The van der Waals surface area contributed by atoms with Gasteiger partial charge in [-0.15, -0.1) is 0 Å². The summed E-state index contributed by atoms with van der Waals surface area (Å²) < 4.78 is 2.07. The van der Waals surface area contributed by atoms with Crippen LogP contribution in [0, 0.1) is 0 Å². The molecule has 1 heterocycles. The number of rotatable bonds is 7. The second-order valence-corrected chi connectivity index (χ2v) is 6.03. The Balaban J connectivity index is 1.97. The van der Waals surface area contributed by atoms with E-state index < -0.39 is 11.5 Å². The fraction of sp³-hybridized carbons (Fsp3) is 0.750. The molecule has 0 bridgehead atoms. The number of carbonyl (C=O) groups is 1. The number of carboxylic acids is 1. The number of nitrogens with zero attached hydrogens (tertiary/aromatic N) is 2. The molecule has 1 aromatic heterocycles. The summed E-state index contributed by atoms with van der Waals surface area (Å²) in [6, 6.07) is 2.52. The van der Waals surface area contributed by atoms with Gasteiger partial charge in [0.2, 0.25) is 0 Å². The summed E-state index contributed by atoms with van der Waals surface area (Å²) in [5, 5.41) is 17.2. The molecule has 1 aliphatic rings. The minimum Gasteiger partial charge on any atom is -0.480 e. The van der Waals surface area contributed by atoms with Gasteiger partial charge in [-0.05, 0) is 31.7 Å². The maximum Gasteiger partial charge on any atom is 0.323 e. The Hall–Kier alpha value is -1.36. The molecule has 0 radical (unpaired) electrons. The van der Waals surface area contributed by atoms with Gasteiger partial charge in [0, 0.05) is 12.7 Å². The SMILES string of the molecule is CCC(CC)(NCc1ccn(C2CCCCC2)n1)C(=O)O. The van der Waals surface area contributed by atoms with E-state index in [4.69, 9.17) is 0 Å². The molecular weight excluding hydrogens is 266 g/mol. The second-order valence-electron chi connectivity index (χ2n) is 6.03. The van der Waals surface area contributed by atoms with Crippen molar-refractivity contribution in [1.82, 2.24) is 15.1 Å². The summed E-state index contributed by atoms with van der Waals surface area (Å²) >= 11 is 0. The van der Waals surface area contributed by atoms with E-state index in [0.29, 0.717) is 25.4 Å². The quantitative estimate of drug-likeness (QED) is 0.810. The van der Waals surface area contributed by atoms with Crippen LogP contribution in [0.25, 0.3) is 0 Å². The van der Waals surface area contributed by atoms with E-state index in [1.165, 1.54) is 32.1 Å². The van der Waals surface area contributed by atoms with Gasteiger partial charge in [-0.1, -0.05) is 33.1 Å². The van der Waals surface area contributed by atoms with Crippen LogP contribution in [0.15, 0.2) is 12.3 Å². The summed E-state index contributed by atoms with van der Waals surface area (Å²) in [5.41, 5.74) is 0.0855. The predicted molar refractivity (Wildman–Crippen MR) is 82.1 cm³/mol. The zero-order chi connectivity index (χ0) is 15.3. The molecule has 1 fully saturated rings. The van der Waals surface area contributed by atoms with E-state index in [1.807, 2.05) is 26.1 Å². The molecule has 1 aliphatic carbocycles. The molecule has 5 heteroatoms. The lowest BCUT2D eigenvalue weighted by Crippen LogP contribution is -2.50. The van der Waals surface area contributed by atoms with E-state index in [1.54, 1.807) is 0 Å². The van der Waals surface area contributed by atoms with E-state index >= 15 is 0 Å². The van der Waals surface area contributed by atoms with Crippen LogP contribution in [0.1, 0.15) is 70.5 Å². The Morgan fingerprint density at radius 3 is 2.62 bits per heavy atom. The summed E-state index contributed by atoms with van der Waals surface area (Å²) in [7, 11) is 0. The van der Waals surface area contributed by atoms with E-state index in [0.717, 1.165) is 5.69 Å². The van der Waals surface area contributed by atoms with Crippen molar-refractivity contribution in [3.05, 3.63) is 18.0 Å². The first-order chi connectivity index (χ1) is 10.1. The highest BCUT2D eigenvalue weighted by Gasteiger charge is 2.34. The molecule has 2 N–H and O–H groups in total. The third-order valence-corrected chi connectivity index (χ3v) is 4.84. The molecule has 21 heavy (non-hydrogen) atoms. The van der Waals surface area contributed by atoms with Gasteiger partial charge in [-0.3, -0.25) is 14.8 Å². The Morgan fingerprint density at radius 1 is 1.38 bits per heavy atom. The molecule has 0 aliphatic heterocycles. The molecule has 1 saturated carbocycles. The summed E-state index contributed by atoms with van der Waals surface area (Å²) in [4.78, 5) is 11.5. The maximum absolute atomic E-state index is 11.5. The summed E-state index contributed by atoms with van der Waals surface area (Å²) in [6.45, 7) is 4.32. The molecule has 5 nitrogen and oxygen atoms in total. The zero-order valence-corrected chi connectivity index (χ0v) is 13.1. The fourth-order valence-electron chi connectivity index (χ4n) is 3.16. The molecule has 2 rings (SSSR count). The maximum atomic E-state index is 11.5. The average Bonchev–Trinajstić information content (AvgIpc) is 2.98. The fourth-order valence-corrected chi connectivity index (χ4v) is 3.16. The van der Waals surface area contributed by atoms with Crippen LogP contribution in [0.5, 0.6) is 0 Å². The minimum atomic E-state index is -0.839. The lowest BCUT2D eigenvalue weighted by atomic mass is 9.93. The Kier molecular flexibility index (Phi) is 5.39. The number of aromatic nitrogens is 2. The highest BCUT2D eigenvalue weighted by Crippen LogP contribution is 2.27. The summed E-state index contributed by atoms with van der Waals surface area (Å²) in [6.07, 6.45) is 9.49. The molecule has 0 amide bonds. The van der Waals surface area contributed by atoms with Gasteiger partial charge in [0.15, 0.2) is 0 Å². The van der Waals surface area contributed by atoms with Gasteiger partial charge >= 0.3 is 5.97 Å². The van der Waals surface area contributed by atoms with Crippen LogP contribution in [-0.4, -0.2) is 26.4 Å². The van der Waals surface area contributed by atoms with E-state index in [-0.39, 0.29) is 0 Å². The normalized spacial score (nSPS) is 17.0. The highest BCUT2D eigenvalue weighted by molar-refractivity contribution is 5.78. The lowest BCUT2D eigenvalue weighted by molar-refractivity contribution is -0.145. The first-order valence-corrected chi connectivity index (χ1v) is 8.13. The molecular formula is C16H27N3O2. The van der Waals surface area contributed by atoms with Gasteiger partial charge < -0.3 is 5.11 Å². The molecule has 1 aromatic rings. The van der Waals surface area contributed by atoms with Crippen molar-refractivity contribution in [3.63, 3.8) is 0 Å². The van der Waals surface area contributed by atoms with Crippen LogP contribution in [-0.2, 0) is 11.3 Å². The molecule has 118 valence electrons. The van der Waals surface area contributed by atoms with Crippen molar-refractivity contribution in [1.29, 1.82) is 0 Å². The predicted octanol–water partition coefficient (Wildman–Crippen LogP) is 3.12. The first-order valence-electron chi connectivity index (χ1n) is 8.13. The first kappa shape index (κ1) is 16.0. The van der Waals surface area contributed by atoms with Crippen LogP contribution in [0.3, 0.4) is 0 Å². The highest BCUT2D eigenvalue weighted by atomic mass is 16.4. The number of hydrogen-bond donors (Lipinski definition) is 2. The number of carboxylic acid groups (broad SMARTS) is 1. The van der Waals surface area contributed by atoms with Crippen LogP contribution in [0.4, 0.5) is 0 Å². The largest absolute Gasteiger partial charge is 0.480 e. The molecule has 0 unspecified atom stereocenters. The topological polar surface area (TPSA) is 67.2 Å². The Bertz CT molecular complexity index is 460. The van der Waals surface area contributed by atoms with Gasteiger partial charge in [0.1, 0.15) is 5.54 Å². The average molecular weight is 293 g/mol. The standard InChI is InChI=1S/C16H27N3O2/c1-3-16(4-2,15(20)21)17-12-13-10-11-19(18-13)14-8-6-5-7-9-14/h10-11,14,17H,3-9,12H2,1-2H3,(H,20,21). The van der Waals surface area contributed by atoms with Crippen molar-refractivity contribution in [2.75, 3.05) is 0 Å². The number of nitrogens with one attached hydrogen (secondary N) is 1. The smallest absolute Gasteiger partial charge is 0.323 e. The monoisotopic (exact) mass is 293 g/mol. The van der Waals surface area contributed by atoms with Crippen molar-refractivity contribution >= 4 is 5.97 Å². The van der Waals surface area contributed by atoms with Crippen molar-refractivity contribution in [2.24, 2.45) is 0 Å². The van der Waals surface area contributed by atoms with Gasteiger partial charge in [-0.2, -0.15) is 5.10 Å². The minimum absolute atomic E-state index is 0.508. The molecule has 0 aromatic carbocycles. The van der Waals surface area contributed by atoms with E-state index in [2.05, 4.69) is 15.1 Å². The van der Waals surface area contributed by atoms with Gasteiger partial charge in [0.05, 0.1) is 11.7 Å². The van der Waals surface area contributed by atoms with Crippen LogP contribution < -0.4 is 5.32 Å². The van der Waals surface area contributed by atoms with Crippen LogP contribution in [0.2, 0.25) is 0 Å². The number of hydrogen-bond acceptors (Lipinski definition) is 3. The second kappa shape index (κ2) is 7.07. The van der Waals surface area contributed by atoms with Crippen molar-refractivity contribution in [2.45, 2.75) is 76.9 Å². The van der Waals surface area contributed by atoms with Crippen molar-refractivity contribution in [3.8, 4) is 0 Å².